The van der Waals surface area contributed by atoms with Gasteiger partial charge in [-0.05, 0) is 25.1 Å². The van der Waals surface area contributed by atoms with Crippen LogP contribution in [0.25, 0.3) is 0 Å². The molecule has 2 rings (SSSR count). The highest BCUT2D eigenvalue weighted by Gasteiger charge is 2.11. The summed E-state index contributed by atoms with van der Waals surface area (Å²) in [5, 5.41) is 8.41. The maximum atomic E-state index is 11.6. The van der Waals surface area contributed by atoms with Crippen molar-refractivity contribution in [2.45, 2.75) is 13.0 Å². The van der Waals surface area contributed by atoms with Crippen LogP contribution in [0.1, 0.15) is 29.0 Å². The van der Waals surface area contributed by atoms with Crippen LogP contribution in [0.3, 0.4) is 0 Å². The van der Waals surface area contributed by atoms with Crippen LogP contribution in [-0.4, -0.2) is 17.9 Å². The van der Waals surface area contributed by atoms with Gasteiger partial charge in [-0.2, -0.15) is 0 Å². The van der Waals surface area contributed by atoms with Gasteiger partial charge in [0.2, 0.25) is 0 Å². The highest BCUT2D eigenvalue weighted by molar-refractivity contribution is 7.07. The Labute approximate surface area is 120 Å². The van der Waals surface area contributed by atoms with E-state index in [0.29, 0.717) is 10.6 Å². The minimum Gasteiger partial charge on any atom is -0.376 e. The predicted octanol–water partition coefficient (Wildman–Crippen LogP) is 3.33. The number of nitrogens with one attached hydrogen (secondary N) is 2. The molecule has 0 spiro atoms. The summed E-state index contributed by atoms with van der Waals surface area (Å²) in [6, 6.07) is 5.18. The molecule has 1 amide bonds. The summed E-state index contributed by atoms with van der Waals surface area (Å²) in [5.74, 6) is -0.138. The van der Waals surface area contributed by atoms with Crippen molar-refractivity contribution in [3.63, 3.8) is 0 Å². The summed E-state index contributed by atoms with van der Waals surface area (Å²) < 4.78 is 0. The first-order chi connectivity index (χ1) is 9.11. The van der Waals surface area contributed by atoms with Gasteiger partial charge in [0.05, 0.1) is 28.0 Å². The molecule has 1 atom stereocenters. The number of amides is 1. The molecule has 2 N–H and O–H groups in total. The van der Waals surface area contributed by atoms with E-state index in [1.54, 1.807) is 42.1 Å². The molecule has 19 heavy (non-hydrogen) atoms. The molecule has 1 aromatic carbocycles. The molecule has 100 valence electrons. The third-order valence-corrected chi connectivity index (χ3v) is 3.66. The number of thiazole rings is 1. The molecular weight excluding hydrogens is 282 g/mol. The number of nitrogens with zero attached hydrogens (tertiary/aromatic N) is 1. The van der Waals surface area contributed by atoms with Gasteiger partial charge in [-0.15, -0.1) is 11.3 Å². The largest absolute Gasteiger partial charge is 0.376 e. The molecule has 1 unspecified atom stereocenters. The van der Waals surface area contributed by atoms with Gasteiger partial charge in [0.25, 0.3) is 5.91 Å². The summed E-state index contributed by atoms with van der Waals surface area (Å²) in [5.41, 5.74) is 4.03. The van der Waals surface area contributed by atoms with E-state index in [4.69, 9.17) is 11.6 Å². The second kappa shape index (κ2) is 6.04. The molecule has 0 saturated carbocycles. The lowest BCUT2D eigenvalue weighted by Gasteiger charge is -2.15. The maximum Gasteiger partial charge on any atom is 0.251 e. The van der Waals surface area contributed by atoms with Crippen molar-refractivity contribution in [2.24, 2.45) is 0 Å². The van der Waals surface area contributed by atoms with Crippen LogP contribution < -0.4 is 10.6 Å². The fraction of sp³-hybridized carbons (Fsp3) is 0.231. The predicted molar refractivity (Wildman–Crippen MR) is 79.0 cm³/mol. The van der Waals surface area contributed by atoms with Crippen molar-refractivity contribution in [1.82, 2.24) is 10.3 Å². The number of carbonyl (C=O) groups is 1. The molecule has 4 nitrogen and oxygen atoms in total. The minimum atomic E-state index is -0.138. The molecule has 2 aromatic rings. The Morgan fingerprint density at radius 1 is 1.47 bits per heavy atom. The molecule has 0 radical (unpaired) electrons. The van der Waals surface area contributed by atoms with Crippen LogP contribution in [0.5, 0.6) is 0 Å². The lowest BCUT2D eigenvalue weighted by Crippen LogP contribution is -2.18. The lowest BCUT2D eigenvalue weighted by atomic mass is 10.1. The maximum absolute atomic E-state index is 11.6. The second-order valence-electron chi connectivity index (χ2n) is 4.05. The first kappa shape index (κ1) is 13.8. The average molecular weight is 296 g/mol. The van der Waals surface area contributed by atoms with E-state index in [2.05, 4.69) is 15.6 Å². The number of rotatable bonds is 4. The Balaban J connectivity index is 2.22. The van der Waals surface area contributed by atoms with Crippen LogP contribution >= 0.6 is 22.9 Å². The zero-order valence-corrected chi connectivity index (χ0v) is 12.2. The standard InChI is InChI=1S/C13H14ClN3OS/c1-8(12-6-19-7-16-12)17-11-5-9(13(18)15-2)3-4-10(11)14/h3-8,17H,1-2H3,(H,15,18). The van der Waals surface area contributed by atoms with E-state index in [1.165, 1.54) is 0 Å². The molecule has 0 aliphatic heterocycles. The van der Waals surface area contributed by atoms with Crippen molar-refractivity contribution < 1.29 is 4.79 Å². The lowest BCUT2D eigenvalue weighted by molar-refractivity contribution is 0.0963. The van der Waals surface area contributed by atoms with Crippen molar-refractivity contribution in [1.29, 1.82) is 0 Å². The zero-order chi connectivity index (χ0) is 13.8. The van der Waals surface area contributed by atoms with Crippen LogP contribution in [0.2, 0.25) is 5.02 Å². The highest BCUT2D eigenvalue weighted by atomic mass is 35.5. The Morgan fingerprint density at radius 2 is 2.26 bits per heavy atom. The van der Waals surface area contributed by atoms with E-state index < -0.39 is 0 Å². The molecule has 0 bridgehead atoms. The van der Waals surface area contributed by atoms with E-state index >= 15 is 0 Å². The van der Waals surface area contributed by atoms with Gasteiger partial charge in [0, 0.05) is 18.0 Å². The van der Waals surface area contributed by atoms with E-state index in [-0.39, 0.29) is 11.9 Å². The fourth-order valence-electron chi connectivity index (χ4n) is 1.66. The van der Waals surface area contributed by atoms with Crippen LogP contribution in [0, 0.1) is 0 Å². The van der Waals surface area contributed by atoms with Crippen LogP contribution in [-0.2, 0) is 0 Å². The monoisotopic (exact) mass is 295 g/mol. The van der Waals surface area contributed by atoms with Crippen molar-refractivity contribution in [3.05, 3.63) is 45.4 Å². The van der Waals surface area contributed by atoms with Gasteiger partial charge in [0.15, 0.2) is 0 Å². The average Bonchev–Trinajstić information content (AvgIpc) is 2.94. The second-order valence-corrected chi connectivity index (χ2v) is 5.18. The molecular formula is C13H14ClN3OS. The van der Waals surface area contributed by atoms with Crippen molar-refractivity contribution in [2.75, 3.05) is 12.4 Å². The van der Waals surface area contributed by atoms with Crippen molar-refractivity contribution in [3.8, 4) is 0 Å². The number of carbonyl (C=O) groups excluding carboxylic acids is 1. The van der Waals surface area contributed by atoms with Gasteiger partial charge in [0.1, 0.15) is 0 Å². The summed E-state index contributed by atoms with van der Waals surface area (Å²) in [6.07, 6.45) is 0. The normalized spacial score (nSPS) is 11.9. The van der Waals surface area contributed by atoms with Gasteiger partial charge in [-0.25, -0.2) is 4.98 Å². The number of halogens is 1. The third-order valence-electron chi connectivity index (χ3n) is 2.72. The van der Waals surface area contributed by atoms with Gasteiger partial charge in [-0.3, -0.25) is 4.79 Å². The van der Waals surface area contributed by atoms with Crippen LogP contribution in [0.4, 0.5) is 5.69 Å². The molecule has 6 heteroatoms. The number of hydrogen-bond acceptors (Lipinski definition) is 4. The SMILES string of the molecule is CNC(=O)c1ccc(Cl)c(NC(C)c2cscn2)c1. The van der Waals surface area contributed by atoms with Gasteiger partial charge >= 0.3 is 0 Å². The summed E-state index contributed by atoms with van der Waals surface area (Å²) in [6.45, 7) is 2.00. The smallest absolute Gasteiger partial charge is 0.251 e. The minimum absolute atomic E-state index is 0.0312. The van der Waals surface area contributed by atoms with E-state index in [0.717, 1.165) is 11.4 Å². The first-order valence-electron chi connectivity index (χ1n) is 5.78. The number of aromatic nitrogens is 1. The molecule has 0 aliphatic carbocycles. The van der Waals surface area contributed by atoms with Gasteiger partial charge in [-0.1, -0.05) is 11.6 Å². The number of benzene rings is 1. The van der Waals surface area contributed by atoms with Crippen molar-refractivity contribution >= 4 is 34.5 Å². The zero-order valence-electron chi connectivity index (χ0n) is 10.6. The fourth-order valence-corrected chi connectivity index (χ4v) is 2.48. The molecule has 0 aliphatic rings. The topological polar surface area (TPSA) is 54.0 Å². The third kappa shape index (κ3) is 3.24. The molecule has 0 saturated heterocycles. The summed E-state index contributed by atoms with van der Waals surface area (Å²) in [7, 11) is 1.60. The first-order valence-corrected chi connectivity index (χ1v) is 7.10. The molecule has 0 fully saturated rings. The Hall–Kier alpha value is -1.59. The highest BCUT2D eigenvalue weighted by Crippen LogP contribution is 2.27. The Kier molecular flexibility index (Phi) is 4.39. The van der Waals surface area contributed by atoms with Crippen LogP contribution in [0.15, 0.2) is 29.1 Å². The Morgan fingerprint density at radius 3 is 2.89 bits per heavy atom. The molecule has 1 aromatic heterocycles. The number of anilines is 1. The summed E-state index contributed by atoms with van der Waals surface area (Å²) >= 11 is 7.68. The van der Waals surface area contributed by atoms with E-state index in [1.807, 2.05) is 12.3 Å². The van der Waals surface area contributed by atoms with E-state index in [9.17, 15) is 4.79 Å². The number of hydrogen-bond donors (Lipinski definition) is 2. The quantitative estimate of drug-likeness (QED) is 0.910. The summed E-state index contributed by atoms with van der Waals surface area (Å²) in [4.78, 5) is 15.8. The molecule has 1 heterocycles. The van der Waals surface area contributed by atoms with Gasteiger partial charge < -0.3 is 10.6 Å². The Bertz CT molecular complexity index is 571.